The van der Waals surface area contributed by atoms with Crippen molar-refractivity contribution in [3.05, 3.63) is 39.4 Å². The van der Waals surface area contributed by atoms with Crippen molar-refractivity contribution in [2.75, 3.05) is 6.61 Å². The summed E-state index contributed by atoms with van der Waals surface area (Å²) in [4.78, 5) is 23.4. The maximum Gasteiger partial charge on any atom is 0.410 e. The molecule has 0 N–H and O–H groups in total. The first-order chi connectivity index (χ1) is 8.13. The van der Waals surface area contributed by atoms with Crippen molar-refractivity contribution in [2.45, 2.75) is 20.0 Å². The molecule has 6 heteroatoms. The number of nitrogens with zero attached hydrogens (tertiary/aromatic N) is 2. The van der Waals surface area contributed by atoms with E-state index in [-0.39, 0.29) is 12.2 Å². The maximum atomic E-state index is 11.5. The van der Waals surface area contributed by atoms with Crippen LogP contribution in [0, 0.1) is 10.1 Å². The van der Waals surface area contributed by atoms with Gasteiger partial charge >= 0.3 is 6.09 Å². The third-order valence-corrected chi connectivity index (χ3v) is 2.68. The van der Waals surface area contributed by atoms with E-state index < -0.39 is 11.0 Å². The van der Waals surface area contributed by atoms with Gasteiger partial charge in [-0.3, -0.25) is 15.0 Å². The van der Waals surface area contributed by atoms with Gasteiger partial charge in [-0.15, -0.1) is 0 Å². The van der Waals surface area contributed by atoms with Crippen LogP contribution in [0.3, 0.4) is 0 Å². The fourth-order valence-corrected chi connectivity index (χ4v) is 1.92. The zero-order valence-electron chi connectivity index (χ0n) is 9.38. The molecule has 0 spiro atoms. The predicted molar refractivity (Wildman–Crippen MR) is 59.4 cm³/mol. The number of amides is 1. The van der Waals surface area contributed by atoms with Crippen molar-refractivity contribution in [3.8, 4) is 0 Å². The Hall–Kier alpha value is -2.11. The molecule has 1 aliphatic heterocycles. The summed E-state index contributed by atoms with van der Waals surface area (Å²) in [5.41, 5.74) is 1.48. The fourth-order valence-electron chi connectivity index (χ4n) is 1.92. The van der Waals surface area contributed by atoms with Crippen molar-refractivity contribution in [2.24, 2.45) is 0 Å². The van der Waals surface area contributed by atoms with E-state index in [0.29, 0.717) is 18.7 Å². The Morgan fingerprint density at radius 2 is 2.29 bits per heavy atom. The zero-order valence-corrected chi connectivity index (χ0v) is 9.38. The Balaban J connectivity index is 2.24. The molecule has 0 aliphatic carbocycles. The molecular weight excluding hydrogens is 224 g/mol. The van der Waals surface area contributed by atoms with Gasteiger partial charge in [-0.05, 0) is 12.5 Å². The highest BCUT2D eigenvalue weighted by molar-refractivity contribution is 5.69. The zero-order chi connectivity index (χ0) is 12.4. The third-order valence-electron chi connectivity index (χ3n) is 2.68. The van der Waals surface area contributed by atoms with Crippen LogP contribution >= 0.6 is 0 Å². The minimum absolute atomic E-state index is 0.0642. The topological polar surface area (TPSA) is 72.7 Å². The van der Waals surface area contributed by atoms with Crippen molar-refractivity contribution in [1.29, 1.82) is 0 Å². The molecule has 1 heterocycles. The second-order valence-electron chi connectivity index (χ2n) is 3.73. The molecular formula is C11H12N2O4. The van der Waals surface area contributed by atoms with Crippen molar-refractivity contribution in [3.63, 3.8) is 0 Å². The van der Waals surface area contributed by atoms with Gasteiger partial charge in [0.15, 0.2) is 0 Å². The minimum Gasteiger partial charge on any atom is -0.450 e. The summed E-state index contributed by atoms with van der Waals surface area (Å²) >= 11 is 0. The summed E-state index contributed by atoms with van der Waals surface area (Å²) in [6, 6.07) is 4.88. The largest absolute Gasteiger partial charge is 0.450 e. The number of rotatable bonds is 2. The highest BCUT2D eigenvalue weighted by atomic mass is 16.6. The van der Waals surface area contributed by atoms with E-state index in [9.17, 15) is 14.9 Å². The number of fused-ring (bicyclic) bond motifs is 1. The molecule has 1 amide bonds. The number of benzene rings is 1. The number of hydrogen-bond acceptors (Lipinski definition) is 4. The molecule has 0 fully saturated rings. The number of nitro benzene ring substituents is 1. The van der Waals surface area contributed by atoms with Gasteiger partial charge in [0.2, 0.25) is 0 Å². The average Bonchev–Trinajstić information content (AvgIpc) is 2.72. The lowest BCUT2D eigenvalue weighted by atomic mass is 10.1. The molecule has 1 aliphatic rings. The van der Waals surface area contributed by atoms with Gasteiger partial charge in [0.1, 0.15) is 0 Å². The molecule has 90 valence electrons. The van der Waals surface area contributed by atoms with E-state index in [1.807, 2.05) is 0 Å². The standard InChI is InChI=1S/C11H12N2O4/c1-2-17-11(14)12-6-8-4-3-5-10(13(15)16)9(8)7-12/h3-5H,2,6-7H2,1H3. The van der Waals surface area contributed by atoms with Crippen LogP contribution in [-0.4, -0.2) is 22.5 Å². The first-order valence-electron chi connectivity index (χ1n) is 5.30. The van der Waals surface area contributed by atoms with Crippen LogP contribution in [0.4, 0.5) is 10.5 Å². The lowest BCUT2D eigenvalue weighted by Gasteiger charge is -2.13. The number of ether oxygens (including phenoxy) is 1. The first kappa shape index (κ1) is 11.4. The summed E-state index contributed by atoms with van der Waals surface area (Å²) in [7, 11) is 0. The van der Waals surface area contributed by atoms with Gasteiger partial charge < -0.3 is 4.74 Å². The van der Waals surface area contributed by atoms with Gasteiger partial charge in [-0.1, -0.05) is 12.1 Å². The monoisotopic (exact) mass is 236 g/mol. The molecule has 0 radical (unpaired) electrons. The predicted octanol–water partition coefficient (Wildman–Crippen LogP) is 2.07. The summed E-state index contributed by atoms with van der Waals surface area (Å²) in [6.45, 7) is 2.64. The first-order valence-corrected chi connectivity index (χ1v) is 5.30. The number of carbonyl (C=O) groups is 1. The van der Waals surface area contributed by atoms with E-state index in [0.717, 1.165) is 5.56 Å². The molecule has 17 heavy (non-hydrogen) atoms. The van der Waals surface area contributed by atoms with Crippen LogP contribution in [0.25, 0.3) is 0 Å². The van der Waals surface area contributed by atoms with E-state index in [1.54, 1.807) is 19.1 Å². The SMILES string of the molecule is CCOC(=O)N1Cc2cccc([N+](=O)[O-])c2C1. The fraction of sp³-hybridized carbons (Fsp3) is 0.364. The highest BCUT2D eigenvalue weighted by Crippen LogP contribution is 2.30. The molecule has 1 aromatic carbocycles. The Labute approximate surface area is 97.9 Å². The Bertz CT molecular complexity index is 473. The van der Waals surface area contributed by atoms with Crippen molar-refractivity contribution in [1.82, 2.24) is 4.90 Å². The highest BCUT2D eigenvalue weighted by Gasteiger charge is 2.29. The molecule has 2 rings (SSSR count). The van der Waals surface area contributed by atoms with Crippen molar-refractivity contribution >= 4 is 11.8 Å². The maximum absolute atomic E-state index is 11.5. The van der Waals surface area contributed by atoms with Gasteiger partial charge in [0.05, 0.1) is 23.6 Å². The van der Waals surface area contributed by atoms with Gasteiger partial charge in [0.25, 0.3) is 5.69 Å². The minimum atomic E-state index is -0.432. The van der Waals surface area contributed by atoms with Crippen LogP contribution < -0.4 is 0 Å². The van der Waals surface area contributed by atoms with Gasteiger partial charge in [-0.25, -0.2) is 4.79 Å². The molecule has 0 saturated carbocycles. The molecule has 0 saturated heterocycles. The van der Waals surface area contributed by atoms with Crippen LogP contribution in [0.15, 0.2) is 18.2 Å². The summed E-state index contributed by atoms with van der Waals surface area (Å²) in [5, 5.41) is 10.8. The Kier molecular flexibility index (Phi) is 2.95. The quantitative estimate of drug-likeness (QED) is 0.582. The normalized spacial score (nSPS) is 13.4. The lowest BCUT2D eigenvalue weighted by molar-refractivity contribution is -0.385. The lowest BCUT2D eigenvalue weighted by Crippen LogP contribution is -2.26. The van der Waals surface area contributed by atoms with E-state index in [4.69, 9.17) is 4.74 Å². The van der Waals surface area contributed by atoms with Crippen LogP contribution in [0.5, 0.6) is 0 Å². The van der Waals surface area contributed by atoms with Crippen LogP contribution in [0.1, 0.15) is 18.1 Å². The average molecular weight is 236 g/mol. The van der Waals surface area contributed by atoms with Crippen LogP contribution in [0.2, 0.25) is 0 Å². The molecule has 0 bridgehead atoms. The van der Waals surface area contributed by atoms with E-state index >= 15 is 0 Å². The van der Waals surface area contributed by atoms with Crippen molar-refractivity contribution < 1.29 is 14.5 Å². The number of carbonyl (C=O) groups excluding carboxylic acids is 1. The molecule has 0 unspecified atom stereocenters. The molecule has 0 aromatic heterocycles. The number of hydrogen-bond donors (Lipinski definition) is 0. The van der Waals surface area contributed by atoms with Crippen LogP contribution in [-0.2, 0) is 17.8 Å². The Morgan fingerprint density at radius 3 is 2.94 bits per heavy atom. The van der Waals surface area contributed by atoms with E-state index in [2.05, 4.69) is 0 Å². The summed E-state index contributed by atoms with van der Waals surface area (Å²) < 4.78 is 4.87. The molecule has 0 atom stereocenters. The summed E-state index contributed by atoms with van der Waals surface area (Å²) in [5.74, 6) is 0. The second-order valence-corrected chi connectivity index (χ2v) is 3.73. The number of nitro groups is 1. The Morgan fingerprint density at radius 1 is 1.53 bits per heavy atom. The second kappa shape index (κ2) is 4.40. The van der Waals surface area contributed by atoms with E-state index in [1.165, 1.54) is 11.0 Å². The summed E-state index contributed by atoms with van der Waals surface area (Å²) in [6.07, 6.45) is -0.432. The van der Waals surface area contributed by atoms with Gasteiger partial charge in [0, 0.05) is 12.6 Å². The molecule has 1 aromatic rings. The third kappa shape index (κ3) is 2.06. The van der Waals surface area contributed by atoms with Gasteiger partial charge in [-0.2, -0.15) is 0 Å². The molecule has 6 nitrogen and oxygen atoms in total. The smallest absolute Gasteiger partial charge is 0.410 e.